The minimum Gasteiger partial charge on any atom is -0.508 e. The highest BCUT2D eigenvalue weighted by Crippen LogP contribution is 2.23. The van der Waals surface area contributed by atoms with Gasteiger partial charge < -0.3 is 10.4 Å². The molecule has 18 heavy (non-hydrogen) atoms. The minimum absolute atomic E-state index is 0.0960. The zero-order chi connectivity index (χ0) is 13.1. The number of hydrogen-bond donors (Lipinski definition) is 2. The molecule has 2 aromatic rings. The second-order valence-electron chi connectivity index (χ2n) is 4.09. The molecule has 4 heteroatoms. The summed E-state index contributed by atoms with van der Waals surface area (Å²) in [5.74, 6) is -0.254. The molecule has 0 aliphatic rings. The van der Waals surface area contributed by atoms with E-state index in [1.54, 1.807) is 0 Å². The molecule has 2 nitrogen and oxygen atoms in total. The first-order chi connectivity index (χ1) is 8.56. The molecule has 0 saturated heterocycles. The lowest BCUT2D eigenvalue weighted by molar-refractivity contribution is 0.466. The number of benzene rings is 2. The first-order valence-corrected chi connectivity index (χ1v) is 6.33. The summed E-state index contributed by atoms with van der Waals surface area (Å²) in [6.07, 6.45) is 0. The lowest BCUT2D eigenvalue weighted by atomic mass is 10.1. The zero-order valence-electron chi connectivity index (χ0n) is 9.87. The molecule has 0 amide bonds. The Hall–Kier alpha value is -1.55. The average molecular weight is 310 g/mol. The predicted octanol–water partition coefficient (Wildman–Crippen LogP) is 4.21. The van der Waals surface area contributed by atoms with Crippen molar-refractivity contribution in [3.05, 3.63) is 57.8 Å². The molecule has 0 aliphatic carbocycles. The lowest BCUT2D eigenvalue weighted by Gasteiger charge is -2.11. The number of nitrogens with one attached hydrogen (secondary N) is 1. The van der Waals surface area contributed by atoms with Crippen LogP contribution >= 0.6 is 15.9 Å². The summed E-state index contributed by atoms with van der Waals surface area (Å²) in [5, 5.41) is 12.8. The van der Waals surface area contributed by atoms with Crippen molar-refractivity contribution >= 4 is 21.6 Å². The first-order valence-electron chi connectivity index (χ1n) is 5.53. The van der Waals surface area contributed by atoms with Gasteiger partial charge >= 0.3 is 0 Å². The van der Waals surface area contributed by atoms with E-state index in [0.717, 1.165) is 15.7 Å². The van der Waals surface area contributed by atoms with E-state index < -0.39 is 0 Å². The molecule has 0 saturated carbocycles. The Morgan fingerprint density at radius 2 is 2.00 bits per heavy atom. The van der Waals surface area contributed by atoms with Gasteiger partial charge in [0.2, 0.25) is 0 Å². The molecule has 0 aromatic heterocycles. The van der Waals surface area contributed by atoms with E-state index >= 15 is 0 Å². The van der Waals surface area contributed by atoms with Crippen LogP contribution in [0.2, 0.25) is 0 Å². The molecular weight excluding hydrogens is 297 g/mol. The van der Waals surface area contributed by atoms with Crippen molar-refractivity contribution < 1.29 is 9.50 Å². The van der Waals surface area contributed by atoms with Gasteiger partial charge in [0.1, 0.15) is 11.6 Å². The Morgan fingerprint density at radius 1 is 1.22 bits per heavy atom. The highest BCUT2D eigenvalue weighted by Gasteiger charge is 2.04. The fourth-order valence-electron chi connectivity index (χ4n) is 1.71. The Kier molecular flexibility index (Phi) is 3.87. The van der Waals surface area contributed by atoms with Gasteiger partial charge in [-0.05, 0) is 48.9 Å². The summed E-state index contributed by atoms with van der Waals surface area (Å²) < 4.78 is 14.1. The highest BCUT2D eigenvalue weighted by molar-refractivity contribution is 9.10. The second-order valence-corrected chi connectivity index (χ2v) is 5.00. The van der Waals surface area contributed by atoms with Crippen molar-refractivity contribution in [3.63, 3.8) is 0 Å². The summed E-state index contributed by atoms with van der Waals surface area (Å²) >= 11 is 3.40. The number of hydrogen-bond acceptors (Lipinski definition) is 2. The molecule has 0 heterocycles. The molecule has 2 aromatic carbocycles. The number of aryl methyl sites for hydroxylation is 1. The fourth-order valence-corrected chi connectivity index (χ4v) is 2.19. The van der Waals surface area contributed by atoms with Gasteiger partial charge in [0.05, 0.1) is 0 Å². The van der Waals surface area contributed by atoms with E-state index in [2.05, 4.69) is 21.2 Å². The zero-order valence-corrected chi connectivity index (χ0v) is 11.5. The van der Waals surface area contributed by atoms with Crippen LogP contribution in [0.15, 0.2) is 40.9 Å². The van der Waals surface area contributed by atoms with Gasteiger partial charge in [0.15, 0.2) is 0 Å². The number of rotatable bonds is 3. The summed E-state index contributed by atoms with van der Waals surface area (Å²) in [4.78, 5) is 0. The van der Waals surface area contributed by atoms with Crippen LogP contribution in [0.1, 0.15) is 11.1 Å². The highest BCUT2D eigenvalue weighted by atomic mass is 79.9. The molecule has 0 atom stereocenters. The van der Waals surface area contributed by atoms with Crippen molar-refractivity contribution in [1.29, 1.82) is 0 Å². The summed E-state index contributed by atoms with van der Waals surface area (Å²) in [7, 11) is 0. The largest absolute Gasteiger partial charge is 0.508 e. The summed E-state index contributed by atoms with van der Waals surface area (Å²) in [5.41, 5.74) is 2.58. The molecule has 0 unspecified atom stereocenters. The number of anilines is 1. The van der Waals surface area contributed by atoms with Crippen LogP contribution in [0.5, 0.6) is 5.75 Å². The van der Waals surface area contributed by atoms with Crippen LogP contribution in [0.25, 0.3) is 0 Å². The number of halogens is 2. The van der Waals surface area contributed by atoms with Crippen LogP contribution in [-0.2, 0) is 6.54 Å². The van der Waals surface area contributed by atoms with Crippen molar-refractivity contribution in [3.8, 4) is 5.75 Å². The monoisotopic (exact) mass is 309 g/mol. The van der Waals surface area contributed by atoms with E-state index in [1.807, 2.05) is 25.1 Å². The van der Waals surface area contributed by atoms with Gasteiger partial charge in [-0.15, -0.1) is 0 Å². The molecule has 0 aliphatic heterocycles. The normalized spacial score (nSPS) is 10.4. The topological polar surface area (TPSA) is 32.3 Å². The van der Waals surface area contributed by atoms with Crippen LogP contribution in [0.3, 0.4) is 0 Å². The van der Waals surface area contributed by atoms with E-state index in [1.165, 1.54) is 18.2 Å². The smallest absolute Gasteiger partial charge is 0.123 e. The van der Waals surface area contributed by atoms with Crippen LogP contribution in [-0.4, -0.2) is 5.11 Å². The molecule has 0 spiro atoms. The second kappa shape index (κ2) is 5.40. The first kappa shape index (κ1) is 12.9. The van der Waals surface area contributed by atoms with Crippen molar-refractivity contribution in [2.75, 3.05) is 5.32 Å². The van der Waals surface area contributed by atoms with Gasteiger partial charge in [0.25, 0.3) is 0 Å². The third-order valence-corrected chi connectivity index (χ3v) is 3.19. The molecular formula is C14H13BrFNO. The summed E-state index contributed by atoms with van der Waals surface area (Å²) in [6.45, 7) is 2.37. The SMILES string of the molecule is Cc1cc(Br)ccc1NCc1cc(F)ccc1O. The van der Waals surface area contributed by atoms with E-state index in [9.17, 15) is 9.50 Å². The maximum atomic E-state index is 13.1. The quantitative estimate of drug-likeness (QED) is 0.890. The standard InChI is InChI=1S/C14H13BrFNO/c1-9-6-11(15)2-4-13(9)17-8-10-7-12(16)3-5-14(10)18/h2-7,17-18H,8H2,1H3. The lowest BCUT2D eigenvalue weighted by Crippen LogP contribution is -2.01. The van der Waals surface area contributed by atoms with E-state index in [-0.39, 0.29) is 11.6 Å². The number of aromatic hydroxyl groups is 1. The van der Waals surface area contributed by atoms with Crippen molar-refractivity contribution in [2.24, 2.45) is 0 Å². The molecule has 0 bridgehead atoms. The Bertz CT molecular complexity index is 572. The molecule has 2 rings (SSSR count). The van der Waals surface area contributed by atoms with Gasteiger partial charge in [-0.2, -0.15) is 0 Å². The molecule has 0 fully saturated rings. The maximum absolute atomic E-state index is 13.1. The maximum Gasteiger partial charge on any atom is 0.123 e. The molecule has 0 radical (unpaired) electrons. The van der Waals surface area contributed by atoms with Gasteiger partial charge in [-0.3, -0.25) is 0 Å². The van der Waals surface area contributed by atoms with Crippen molar-refractivity contribution in [1.82, 2.24) is 0 Å². The Balaban J connectivity index is 2.13. The third-order valence-electron chi connectivity index (χ3n) is 2.70. The Labute approximate surface area is 114 Å². The van der Waals surface area contributed by atoms with E-state index in [4.69, 9.17) is 0 Å². The van der Waals surface area contributed by atoms with Crippen LogP contribution in [0, 0.1) is 12.7 Å². The third kappa shape index (κ3) is 3.01. The summed E-state index contributed by atoms with van der Waals surface area (Å²) in [6, 6.07) is 9.80. The number of phenols is 1. The van der Waals surface area contributed by atoms with Crippen LogP contribution in [0.4, 0.5) is 10.1 Å². The number of phenolic OH excluding ortho intramolecular Hbond substituents is 1. The van der Waals surface area contributed by atoms with Gasteiger partial charge in [0, 0.05) is 22.3 Å². The van der Waals surface area contributed by atoms with E-state index in [0.29, 0.717) is 12.1 Å². The molecule has 2 N–H and O–H groups in total. The minimum atomic E-state index is -0.350. The predicted molar refractivity (Wildman–Crippen MR) is 74.3 cm³/mol. The van der Waals surface area contributed by atoms with Gasteiger partial charge in [-0.25, -0.2) is 4.39 Å². The van der Waals surface area contributed by atoms with Gasteiger partial charge in [-0.1, -0.05) is 15.9 Å². The average Bonchev–Trinajstić information content (AvgIpc) is 2.32. The molecule has 94 valence electrons. The van der Waals surface area contributed by atoms with Crippen LogP contribution < -0.4 is 5.32 Å². The van der Waals surface area contributed by atoms with Crippen molar-refractivity contribution in [2.45, 2.75) is 13.5 Å². The fraction of sp³-hybridized carbons (Fsp3) is 0.143. The Morgan fingerprint density at radius 3 is 2.72 bits per heavy atom.